The minimum absolute atomic E-state index is 0.116. The minimum atomic E-state index is -0.377. The second-order valence-electron chi connectivity index (χ2n) is 8.05. The van der Waals surface area contributed by atoms with Crippen molar-refractivity contribution in [3.8, 4) is 11.5 Å². The molecule has 0 radical (unpaired) electrons. The summed E-state index contributed by atoms with van der Waals surface area (Å²) >= 11 is 3.42. The summed E-state index contributed by atoms with van der Waals surface area (Å²) in [5.41, 5.74) is 3.11. The Bertz CT molecular complexity index is 1390. The largest absolute Gasteiger partial charge is 0.508 e. The molecule has 0 saturated heterocycles. The van der Waals surface area contributed by atoms with Crippen LogP contribution >= 0.6 is 22.7 Å². The van der Waals surface area contributed by atoms with E-state index >= 15 is 0 Å². The monoisotopic (exact) mass is 473 g/mol. The first-order valence-electron chi connectivity index (χ1n) is 10.5. The second-order valence-corrected chi connectivity index (χ2v) is 10.1. The van der Waals surface area contributed by atoms with Gasteiger partial charge in [0.1, 0.15) is 23.3 Å². The summed E-state index contributed by atoms with van der Waals surface area (Å²) in [5.74, 6) is 0.272. The topological polar surface area (TPSA) is 85.2 Å². The van der Waals surface area contributed by atoms with E-state index in [0.29, 0.717) is 12.1 Å². The Balaban J connectivity index is 1.40. The number of nitrogens with zero attached hydrogens (tertiary/aromatic N) is 2. The third kappa shape index (κ3) is 3.57. The molecule has 4 heterocycles. The van der Waals surface area contributed by atoms with E-state index in [0.717, 1.165) is 21.7 Å². The molecule has 164 valence electrons. The van der Waals surface area contributed by atoms with Crippen LogP contribution in [-0.4, -0.2) is 32.9 Å². The van der Waals surface area contributed by atoms with Crippen LogP contribution in [0.25, 0.3) is 15.1 Å². The van der Waals surface area contributed by atoms with E-state index in [1.54, 1.807) is 51.8 Å². The summed E-state index contributed by atoms with van der Waals surface area (Å²) < 4.78 is 2.45. The number of hydrogen-bond donors (Lipinski definition) is 3. The molecule has 0 spiro atoms. The highest BCUT2D eigenvalue weighted by Crippen LogP contribution is 2.40. The highest BCUT2D eigenvalue weighted by molar-refractivity contribution is 7.27. The van der Waals surface area contributed by atoms with E-state index in [9.17, 15) is 15.0 Å². The van der Waals surface area contributed by atoms with Gasteiger partial charge in [-0.1, -0.05) is 12.1 Å². The van der Waals surface area contributed by atoms with Gasteiger partial charge < -0.3 is 15.5 Å². The molecule has 0 bridgehead atoms. The predicted molar refractivity (Wildman–Crippen MR) is 132 cm³/mol. The van der Waals surface area contributed by atoms with E-state index in [4.69, 9.17) is 4.99 Å². The van der Waals surface area contributed by atoms with Crippen LogP contribution in [-0.2, 0) is 11.2 Å². The van der Waals surface area contributed by atoms with Crippen molar-refractivity contribution in [3.63, 3.8) is 0 Å². The zero-order valence-electron chi connectivity index (χ0n) is 17.3. The van der Waals surface area contributed by atoms with Crippen LogP contribution in [0, 0.1) is 0 Å². The smallest absolute Gasteiger partial charge is 0.274 e. The van der Waals surface area contributed by atoms with Crippen molar-refractivity contribution in [1.82, 2.24) is 10.2 Å². The number of benzene rings is 2. The number of fused-ring (bicyclic) bond motifs is 2. The molecule has 0 fully saturated rings. The zero-order chi connectivity index (χ0) is 22.5. The van der Waals surface area contributed by atoms with Gasteiger partial charge in [0.15, 0.2) is 6.17 Å². The van der Waals surface area contributed by atoms with Crippen LogP contribution in [0.3, 0.4) is 0 Å². The Morgan fingerprint density at radius 1 is 0.970 bits per heavy atom. The highest BCUT2D eigenvalue weighted by Gasteiger charge is 2.42. The van der Waals surface area contributed by atoms with E-state index in [-0.39, 0.29) is 29.6 Å². The van der Waals surface area contributed by atoms with Gasteiger partial charge in [-0.3, -0.25) is 14.7 Å². The quantitative estimate of drug-likeness (QED) is 0.395. The first-order valence-corrected chi connectivity index (χ1v) is 12.2. The van der Waals surface area contributed by atoms with Crippen molar-refractivity contribution < 1.29 is 15.0 Å². The fourth-order valence-corrected chi connectivity index (χ4v) is 6.41. The van der Waals surface area contributed by atoms with Crippen molar-refractivity contribution in [2.75, 3.05) is 0 Å². The predicted octanol–water partition coefficient (Wildman–Crippen LogP) is 4.87. The number of phenols is 2. The van der Waals surface area contributed by atoms with Gasteiger partial charge in [0.05, 0.1) is 5.70 Å². The average Bonchev–Trinajstić information content (AvgIpc) is 3.50. The van der Waals surface area contributed by atoms with Gasteiger partial charge in [-0.05, 0) is 65.0 Å². The molecule has 8 heteroatoms. The maximum atomic E-state index is 13.4. The summed E-state index contributed by atoms with van der Waals surface area (Å²) in [4.78, 5) is 21.1. The Hall–Kier alpha value is -3.62. The summed E-state index contributed by atoms with van der Waals surface area (Å²) in [6.45, 7) is 0. The number of rotatable bonds is 4. The highest BCUT2D eigenvalue weighted by atomic mass is 32.1. The fraction of sp³-hybridized carbons (Fsp3) is 0.120. The zero-order valence-corrected chi connectivity index (χ0v) is 18.9. The summed E-state index contributed by atoms with van der Waals surface area (Å²) in [6.07, 6.45) is 1.85. The molecule has 2 aromatic carbocycles. The van der Waals surface area contributed by atoms with E-state index in [1.165, 1.54) is 9.40 Å². The van der Waals surface area contributed by atoms with Crippen LogP contribution in [0.2, 0.25) is 0 Å². The van der Waals surface area contributed by atoms with Gasteiger partial charge in [0, 0.05) is 26.9 Å². The lowest BCUT2D eigenvalue weighted by Gasteiger charge is -2.35. The summed E-state index contributed by atoms with van der Waals surface area (Å²) in [7, 11) is 0. The molecule has 0 saturated carbocycles. The van der Waals surface area contributed by atoms with Crippen molar-refractivity contribution in [2.45, 2.75) is 18.6 Å². The van der Waals surface area contributed by atoms with Crippen molar-refractivity contribution in [2.24, 2.45) is 4.99 Å². The van der Waals surface area contributed by atoms with E-state index in [1.807, 2.05) is 30.5 Å². The van der Waals surface area contributed by atoms with Gasteiger partial charge in [-0.25, -0.2) is 0 Å². The number of phenolic OH excluding ortho intramolecular Hbond substituents is 2. The van der Waals surface area contributed by atoms with Crippen molar-refractivity contribution in [1.29, 1.82) is 0 Å². The lowest BCUT2D eigenvalue weighted by atomic mass is 10.1. The minimum Gasteiger partial charge on any atom is -0.508 e. The number of carbonyl (C=O) groups excluding carboxylic acids is 1. The summed E-state index contributed by atoms with van der Waals surface area (Å²) in [5, 5.41) is 24.9. The number of carbonyl (C=O) groups is 1. The average molecular weight is 474 g/mol. The Labute approximate surface area is 197 Å². The van der Waals surface area contributed by atoms with Gasteiger partial charge in [-0.15, -0.1) is 22.7 Å². The van der Waals surface area contributed by atoms with E-state index < -0.39 is 0 Å². The van der Waals surface area contributed by atoms with Gasteiger partial charge >= 0.3 is 0 Å². The third-order valence-corrected chi connectivity index (χ3v) is 8.06. The number of thiophene rings is 2. The van der Waals surface area contributed by atoms with Gasteiger partial charge in [0.25, 0.3) is 5.91 Å². The molecule has 2 atom stereocenters. The maximum absolute atomic E-state index is 13.4. The van der Waals surface area contributed by atoms with Gasteiger partial charge in [-0.2, -0.15) is 0 Å². The number of hydrogen-bond acceptors (Lipinski definition) is 7. The molecule has 2 unspecified atom stereocenters. The fourth-order valence-electron chi connectivity index (χ4n) is 4.22. The molecule has 1 amide bonds. The Morgan fingerprint density at radius 3 is 2.42 bits per heavy atom. The molecule has 33 heavy (non-hydrogen) atoms. The molecule has 2 aromatic heterocycles. The lowest BCUT2D eigenvalue weighted by Crippen LogP contribution is -2.44. The maximum Gasteiger partial charge on any atom is 0.274 e. The Kier molecular flexibility index (Phi) is 4.70. The number of aromatic hydroxyl groups is 2. The molecule has 2 aliphatic heterocycles. The van der Waals surface area contributed by atoms with Crippen LogP contribution in [0.4, 0.5) is 0 Å². The molecule has 6 rings (SSSR count). The number of aliphatic imine (C=N–C) groups is 1. The first-order chi connectivity index (χ1) is 16.0. The molecule has 0 aliphatic carbocycles. The number of amides is 1. The molecular weight excluding hydrogens is 454 g/mol. The number of nitrogens with one attached hydrogen (secondary N) is 1. The third-order valence-electron chi connectivity index (χ3n) is 5.88. The van der Waals surface area contributed by atoms with Crippen LogP contribution < -0.4 is 5.32 Å². The van der Waals surface area contributed by atoms with E-state index in [2.05, 4.69) is 22.8 Å². The Morgan fingerprint density at radius 2 is 1.70 bits per heavy atom. The molecule has 2 aliphatic rings. The molecule has 4 aromatic rings. The van der Waals surface area contributed by atoms with Crippen molar-refractivity contribution >= 4 is 49.4 Å². The molecule has 3 N–H and O–H groups in total. The SMILES string of the molecule is O=C1C(Cc2ccc(O)cc2)=NC2C(c3cc4sccc4s3)NC(c3ccc(O)cc3)=CN12. The van der Waals surface area contributed by atoms with Gasteiger partial charge in [0.2, 0.25) is 0 Å². The first kappa shape index (κ1) is 20.0. The molecule has 6 nitrogen and oxygen atoms in total. The van der Waals surface area contributed by atoms with Crippen molar-refractivity contribution in [3.05, 3.63) is 88.2 Å². The van der Waals surface area contributed by atoms with Crippen LogP contribution in [0.5, 0.6) is 11.5 Å². The normalized spacial score (nSPS) is 19.9. The molecular formula is C25H19N3O3S2. The lowest BCUT2D eigenvalue weighted by molar-refractivity contribution is -0.122. The standard InChI is InChI=1S/C25H19N3O3S2/c29-16-5-1-14(2-6-16)11-18-25(31)28-13-19(15-3-7-17(30)8-4-15)26-23(24(28)27-18)22-12-21-20(33-22)9-10-32-21/h1-10,12-13,23-24,26,29-30H,11H2. The van der Waals surface area contributed by atoms with Crippen LogP contribution in [0.1, 0.15) is 22.0 Å². The summed E-state index contributed by atoms with van der Waals surface area (Å²) in [6, 6.07) is 17.9. The second kappa shape index (κ2) is 7.75. The van der Waals surface area contributed by atoms with Crippen LogP contribution in [0.15, 0.2) is 77.2 Å².